The highest BCUT2D eigenvalue weighted by atomic mass is 35.5. The van der Waals surface area contributed by atoms with E-state index in [1.165, 1.54) is 0 Å². The van der Waals surface area contributed by atoms with Crippen LogP contribution in [0.25, 0.3) is 0 Å². The molecule has 0 saturated carbocycles. The van der Waals surface area contributed by atoms with Crippen molar-refractivity contribution in [3.05, 3.63) is 22.4 Å². The molecule has 1 aromatic heterocycles. The minimum absolute atomic E-state index is 0.480. The first kappa shape index (κ1) is 8.18. The van der Waals surface area contributed by atoms with Gasteiger partial charge in [0.1, 0.15) is 5.15 Å². The molecule has 54 valence electrons. The van der Waals surface area contributed by atoms with E-state index in [0.717, 1.165) is 4.90 Å². The van der Waals surface area contributed by atoms with Gasteiger partial charge in [-0.2, -0.15) is 0 Å². The van der Waals surface area contributed by atoms with Gasteiger partial charge < -0.3 is 0 Å². The highest BCUT2D eigenvalue weighted by molar-refractivity contribution is 7.98. The van der Waals surface area contributed by atoms with E-state index in [1.54, 1.807) is 24.0 Å². The highest BCUT2D eigenvalue weighted by Gasteiger charge is 1.98. The molecule has 0 unspecified atom stereocenters. The molecule has 0 amide bonds. The van der Waals surface area contributed by atoms with Crippen LogP contribution in [0.2, 0.25) is 10.2 Å². The SMILES string of the molecule is CSc1cc(Cl)ncc1Cl. The molecular weight excluding hydrogens is 189 g/mol. The summed E-state index contributed by atoms with van der Waals surface area (Å²) in [7, 11) is 0. The zero-order valence-corrected chi connectivity index (χ0v) is 7.59. The van der Waals surface area contributed by atoms with E-state index in [0.29, 0.717) is 10.2 Å². The zero-order valence-electron chi connectivity index (χ0n) is 5.27. The van der Waals surface area contributed by atoms with Gasteiger partial charge in [0.05, 0.1) is 5.02 Å². The molecule has 0 aliphatic carbocycles. The van der Waals surface area contributed by atoms with Crippen molar-refractivity contribution in [2.75, 3.05) is 6.26 Å². The molecule has 1 aromatic rings. The third-order valence-corrected chi connectivity index (χ3v) is 2.40. The van der Waals surface area contributed by atoms with Crippen molar-refractivity contribution >= 4 is 35.0 Å². The van der Waals surface area contributed by atoms with Crippen LogP contribution in [0.15, 0.2) is 17.2 Å². The van der Waals surface area contributed by atoms with Crippen molar-refractivity contribution in [3.8, 4) is 0 Å². The van der Waals surface area contributed by atoms with Crippen molar-refractivity contribution in [1.82, 2.24) is 4.98 Å². The van der Waals surface area contributed by atoms with Crippen molar-refractivity contribution in [2.45, 2.75) is 4.90 Å². The van der Waals surface area contributed by atoms with Crippen molar-refractivity contribution in [2.24, 2.45) is 0 Å². The average Bonchev–Trinajstić information content (AvgIpc) is 1.94. The minimum Gasteiger partial charge on any atom is -0.243 e. The molecule has 0 atom stereocenters. The Morgan fingerprint density at radius 2 is 2.20 bits per heavy atom. The quantitative estimate of drug-likeness (QED) is 0.503. The number of halogens is 2. The van der Waals surface area contributed by atoms with Gasteiger partial charge in [0, 0.05) is 11.1 Å². The maximum atomic E-state index is 5.75. The van der Waals surface area contributed by atoms with Crippen LogP contribution in [-0.4, -0.2) is 11.2 Å². The topological polar surface area (TPSA) is 12.9 Å². The Hall–Kier alpha value is 0.0800. The molecule has 1 rings (SSSR count). The monoisotopic (exact) mass is 193 g/mol. The number of pyridine rings is 1. The summed E-state index contributed by atoms with van der Waals surface area (Å²) in [6, 6.07) is 1.74. The second kappa shape index (κ2) is 3.46. The lowest BCUT2D eigenvalue weighted by Gasteiger charge is -1.97. The van der Waals surface area contributed by atoms with Gasteiger partial charge in [0.25, 0.3) is 0 Å². The summed E-state index contributed by atoms with van der Waals surface area (Å²) < 4.78 is 0. The van der Waals surface area contributed by atoms with Gasteiger partial charge in [-0.05, 0) is 12.3 Å². The predicted molar refractivity (Wildman–Crippen MR) is 46.0 cm³/mol. The summed E-state index contributed by atoms with van der Waals surface area (Å²) in [5.41, 5.74) is 0. The molecule has 10 heavy (non-hydrogen) atoms. The Labute approximate surface area is 73.7 Å². The van der Waals surface area contributed by atoms with Crippen LogP contribution in [0.3, 0.4) is 0 Å². The van der Waals surface area contributed by atoms with Crippen LogP contribution in [0.1, 0.15) is 0 Å². The number of rotatable bonds is 1. The first-order valence-corrected chi connectivity index (χ1v) is 4.57. The summed E-state index contributed by atoms with van der Waals surface area (Å²) in [6.45, 7) is 0. The molecule has 0 saturated heterocycles. The van der Waals surface area contributed by atoms with Crippen LogP contribution in [-0.2, 0) is 0 Å². The molecule has 0 radical (unpaired) electrons. The highest BCUT2D eigenvalue weighted by Crippen LogP contribution is 2.25. The Bertz CT molecular complexity index is 239. The van der Waals surface area contributed by atoms with Gasteiger partial charge in [-0.15, -0.1) is 11.8 Å². The maximum Gasteiger partial charge on any atom is 0.130 e. The Kier molecular flexibility index (Phi) is 2.83. The molecule has 0 N–H and O–H groups in total. The smallest absolute Gasteiger partial charge is 0.130 e. The molecule has 0 fully saturated rings. The average molecular weight is 194 g/mol. The maximum absolute atomic E-state index is 5.75. The summed E-state index contributed by atoms with van der Waals surface area (Å²) >= 11 is 12.9. The lowest BCUT2D eigenvalue weighted by molar-refractivity contribution is 1.26. The summed E-state index contributed by atoms with van der Waals surface area (Å²) in [5, 5.41) is 1.13. The molecule has 0 aromatic carbocycles. The Morgan fingerprint density at radius 1 is 1.50 bits per heavy atom. The van der Waals surface area contributed by atoms with Crippen molar-refractivity contribution < 1.29 is 0 Å². The fourth-order valence-corrected chi connectivity index (χ4v) is 1.59. The van der Waals surface area contributed by atoms with Gasteiger partial charge in [-0.25, -0.2) is 4.98 Å². The van der Waals surface area contributed by atoms with E-state index < -0.39 is 0 Å². The summed E-state index contributed by atoms with van der Waals surface area (Å²) in [6.07, 6.45) is 3.49. The largest absolute Gasteiger partial charge is 0.243 e. The van der Waals surface area contributed by atoms with Gasteiger partial charge in [-0.3, -0.25) is 0 Å². The molecular formula is C6H5Cl2NS. The van der Waals surface area contributed by atoms with Gasteiger partial charge >= 0.3 is 0 Å². The lowest BCUT2D eigenvalue weighted by atomic mass is 10.5. The fourth-order valence-electron chi connectivity index (χ4n) is 0.553. The molecule has 4 heteroatoms. The van der Waals surface area contributed by atoms with Crippen LogP contribution in [0, 0.1) is 0 Å². The first-order chi connectivity index (χ1) is 4.74. The molecule has 0 aliphatic rings. The number of hydrogen-bond donors (Lipinski definition) is 0. The van der Waals surface area contributed by atoms with Gasteiger partial charge in [0.2, 0.25) is 0 Å². The third kappa shape index (κ3) is 1.78. The van der Waals surface area contributed by atoms with E-state index in [1.807, 2.05) is 6.26 Å². The molecule has 1 heterocycles. The Morgan fingerprint density at radius 3 is 2.70 bits per heavy atom. The number of thioether (sulfide) groups is 1. The van der Waals surface area contributed by atoms with Crippen molar-refractivity contribution in [3.63, 3.8) is 0 Å². The summed E-state index contributed by atoms with van der Waals surface area (Å²) in [5.74, 6) is 0. The van der Waals surface area contributed by atoms with Crippen LogP contribution < -0.4 is 0 Å². The first-order valence-electron chi connectivity index (χ1n) is 2.59. The molecule has 0 bridgehead atoms. The molecule has 0 spiro atoms. The molecule has 1 nitrogen and oxygen atoms in total. The van der Waals surface area contributed by atoms with E-state index in [4.69, 9.17) is 23.2 Å². The van der Waals surface area contributed by atoms with Crippen LogP contribution in [0.4, 0.5) is 0 Å². The fraction of sp³-hybridized carbons (Fsp3) is 0.167. The summed E-state index contributed by atoms with van der Waals surface area (Å²) in [4.78, 5) is 4.77. The lowest BCUT2D eigenvalue weighted by Crippen LogP contribution is -1.77. The Balaban J connectivity index is 3.09. The minimum atomic E-state index is 0.480. The predicted octanol–water partition coefficient (Wildman–Crippen LogP) is 3.11. The number of nitrogens with zero attached hydrogens (tertiary/aromatic N) is 1. The van der Waals surface area contributed by atoms with Crippen LogP contribution in [0.5, 0.6) is 0 Å². The van der Waals surface area contributed by atoms with E-state index in [9.17, 15) is 0 Å². The van der Waals surface area contributed by atoms with Gasteiger partial charge in [-0.1, -0.05) is 23.2 Å². The van der Waals surface area contributed by atoms with Crippen LogP contribution >= 0.6 is 35.0 Å². The molecule has 0 aliphatic heterocycles. The third-order valence-electron chi connectivity index (χ3n) is 1.01. The number of hydrogen-bond acceptors (Lipinski definition) is 2. The second-order valence-corrected chi connectivity index (χ2v) is 3.28. The zero-order chi connectivity index (χ0) is 7.56. The van der Waals surface area contributed by atoms with Crippen molar-refractivity contribution in [1.29, 1.82) is 0 Å². The second-order valence-electron chi connectivity index (χ2n) is 1.64. The van der Waals surface area contributed by atoms with Gasteiger partial charge in [0.15, 0.2) is 0 Å². The normalized spacial score (nSPS) is 9.90. The van der Waals surface area contributed by atoms with E-state index >= 15 is 0 Å². The standard InChI is InChI=1S/C6H5Cl2NS/c1-10-5-2-6(8)9-3-4(5)7/h2-3H,1H3. The van der Waals surface area contributed by atoms with E-state index in [-0.39, 0.29) is 0 Å². The van der Waals surface area contributed by atoms with E-state index in [2.05, 4.69) is 4.98 Å². The number of aromatic nitrogens is 1.